The molecule has 24 heavy (non-hydrogen) atoms. The van der Waals surface area contributed by atoms with Gasteiger partial charge in [0.1, 0.15) is 0 Å². The SMILES string of the molecule is CC.c1ccc(-n2c3ccccc3n3c4ccccc4nc23)cc1. The Kier molecular flexibility index (Phi) is 3.54. The Hall–Kier alpha value is -3.07. The largest absolute Gasteiger partial charge is 0.278 e. The number of nitrogens with zero attached hydrogens (tertiary/aromatic N) is 3. The summed E-state index contributed by atoms with van der Waals surface area (Å²) in [5.41, 5.74) is 5.64. The molecule has 0 spiro atoms. The fourth-order valence-electron chi connectivity index (χ4n) is 3.18. The molecule has 0 saturated heterocycles. The second-order valence-electron chi connectivity index (χ2n) is 5.40. The Morgan fingerprint density at radius 1 is 0.625 bits per heavy atom. The maximum atomic E-state index is 4.85. The van der Waals surface area contributed by atoms with Crippen molar-refractivity contribution in [2.75, 3.05) is 0 Å². The monoisotopic (exact) mass is 313 g/mol. The molecule has 3 heteroatoms. The average Bonchev–Trinajstić information content (AvgIpc) is 3.18. The molecule has 5 aromatic rings. The molecule has 0 aliphatic rings. The number of aromatic nitrogens is 3. The van der Waals surface area contributed by atoms with Crippen molar-refractivity contribution >= 4 is 27.8 Å². The lowest BCUT2D eigenvalue weighted by Crippen LogP contribution is -1.94. The van der Waals surface area contributed by atoms with E-state index in [-0.39, 0.29) is 0 Å². The van der Waals surface area contributed by atoms with E-state index in [4.69, 9.17) is 4.98 Å². The highest BCUT2D eigenvalue weighted by molar-refractivity contribution is 5.91. The number of imidazole rings is 2. The molecular weight excluding hydrogens is 294 g/mol. The van der Waals surface area contributed by atoms with Gasteiger partial charge in [0.15, 0.2) is 0 Å². The summed E-state index contributed by atoms with van der Waals surface area (Å²) in [5, 5.41) is 0. The van der Waals surface area contributed by atoms with Crippen molar-refractivity contribution in [3.05, 3.63) is 78.9 Å². The first kappa shape index (κ1) is 14.5. The second kappa shape index (κ2) is 5.85. The molecule has 0 fully saturated rings. The first-order valence-corrected chi connectivity index (χ1v) is 8.35. The zero-order chi connectivity index (χ0) is 16.5. The standard InChI is InChI=1S/C19H13N3.C2H6/c1-2-8-14(9-3-1)21-17-12-6-7-13-18(17)22-16-11-5-4-10-15(16)20-19(21)22;1-2/h1-13H;1-2H3. The number of hydrogen-bond donors (Lipinski definition) is 0. The van der Waals surface area contributed by atoms with E-state index in [9.17, 15) is 0 Å². The van der Waals surface area contributed by atoms with Gasteiger partial charge in [-0.25, -0.2) is 4.98 Å². The van der Waals surface area contributed by atoms with Gasteiger partial charge in [0.2, 0.25) is 5.78 Å². The van der Waals surface area contributed by atoms with E-state index < -0.39 is 0 Å². The van der Waals surface area contributed by atoms with Gasteiger partial charge < -0.3 is 0 Å². The van der Waals surface area contributed by atoms with Crippen LogP contribution >= 0.6 is 0 Å². The fourth-order valence-corrected chi connectivity index (χ4v) is 3.18. The van der Waals surface area contributed by atoms with Crippen molar-refractivity contribution in [3.8, 4) is 5.69 Å². The molecule has 2 heterocycles. The van der Waals surface area contributed by atoms with E-state index in [0.29, 0.717) is 0 Å². The Bertz CT molecular complexity index is 1120. The molecule has 0 atom stereocenters. The molecule has 3 aromatic carbocycles. The summed E-state index contributed by atoms with van der Waals surface area (Å²) in [5.74, 6) is 0.952. The van der Waals surface area contributed by atoms with Gasteiger partial charge in [-0.15, -0.1) is 0 Å². The zero-order valence-electron chi connectivity index (χ0n) is 13.8. The van der Waals surface area contributed by atoms with Crippen molar-refractivity contribution in [1.29, 1.82) is 0 Å². The maximum Gasteiger partial charge on any atom is 0.220 e. The molecule has 0 amide bonds. The van der Waals surface area contributed by atoms with Crippen LogP contribution in [0.2, 0.25) is 0 Å². The molecule has 0 radical (unpaired) electrons. The van der Waals surface area contributed by atoms with Gasteiger partial charge in [0, 0.05) is 5.69 Å². The summed E-state index contributed by atoms with van der Waals surface area (Å²) in [6.07, 6.45) is 0. The lowest BCUT2D eigenvalue weighted by atomic mass is 10.2. The van der Waals surface area contributed by atoms with E-state index in [0.717, 1.165) is 22.5 Å². The molecule has 0 bridgehead atoms. The predicted octanol–water partition coefficient (Wildman–Crippen LogP) is 5.46. The van der Waals surface area contributed by atoms with Crippen molar-refractivity contribution in [3.63, 3.8) is 0 Å². The molecule has 0 N–H and O–H groups in total. The van der Waals surface area contributed by atoms with Crippen LogP contribution in [0.1, 0.15) is 13.8 Å². The van der Waals surface area contributed by atoms with Crippen molar-refractivity contribution < 1.29 is 0 Å². The van der Waals surface area contributed by atoms with Crippen LogP contribution in [0.3, 0.4) is 0 Å². The Morgan fingerprint density at radius 2 is 1.21 bits per heavy atom. The van der Waals surface area contributed by atoms with Crippen molar-refractivity contribution in [2.24, 2.45) is 0 Å². The summed E-state index contributed by atoms with van der Waals surface area (Å²) in [6.45, 7) is 4.00. The molecule has 0 saturated carbocycles. The van der Waals surface area contributed by atoms with Gasteiger partial charge in [0.05, 0.1) is 22.1 Å². The smallest absolute Gasteiger partial charge is 0.220 e. The number of rotatable bonds is 1. The number of hydrogen-bond acceptors (Lipinski definition) is 1. The van der Waals surface area contributed by atoms with Crippen LogP contribution in [0.25, 0.3) is 33.5 Å². The lowest BCUT2D eigenvalue weighted by Gasteiger charge is -2.04. The van der Waals surface area contributed by atoms with Crippen LogP contribution in [0, 0.1) is 0 Å². The van der Waals surface area contributed by atoms with Crippen LogP contribution < -0.4 is 0 Å². The van der Waals surface area contributed by atoms with Crippen molar-refractivity contribution in [1.82, 2.24) is 14.0 Å². The summed E-state index contributed by atoms with van der Waals surface area (Å²) in [7, 11) is 0. The Balaban J connectivity index is 0.000000704. The van der Waals surface area contributed by atoms with Gasteiger partial charge in [-0.05, 0) is 36.4 Å². The van der Waals surface area contributed by atoms with Gasteiger partial charge in [-0.2, -0.15) is 0 Å². The van der Waals surface area contributed by atoms with E-state index >= 15 is 0 Å². The Morgan fingerprint density at radius 3 is 1.96 bits per heavy atom. The summed E-state index contributed by atoms with van der Waals surface area (Å²) in [6, 6.07) is 27.1. The molecular formula is C21H19N3. The molecule has 118 valence electrons. The molecule has 5 rings (SSSR count). The molecule has 0 unspecified atom stereocenters. The normalized spacial score (nSPS) is 10.9. The minimum absolute atomic E-state index is 0.952. The summed E-state index contributed by atoms with van der Waals surface area (Å²) < 4.78 is 4.45. The maximum absolute atomic E-state index is 4.85. The predicted molar refractivity (Wildman–Crippen MR) is 101 cm³/mol. The highest BCUT2D eigenvalue weighted by Gasteiger charge is 2.15. The first-order chi connectivity index (χ1) is 11.9. The second-order valence-corrected chi connectivity index (χ2v) is 5.40. The highest BCUT2D eigenvalue weighted by atomic mass is 15.2. The molecule has 2 aromatic heterocycles. The van der Waals surface area contributed by atoms with Crippen LogP contribution in [0.5, 0.6) is 0 Å². The van der Waals surface area contributed by atoms with Gasteiger partial charge >= 0.3 is 0 Å². The number of para-hydroxylation sites is 5. The van der Waals surface area contributed by atoms with Gasteiger partial charge in [-0.3, -0.25) is 8.97 Å². The molecule has 0 aliphatic heterocycles. The van der Waals surface area contributed by atoms with E-state index in [1.54, 1.807) is 0 Å². The summed E-state index contributed by atoms with van der Waals surface area (Å²) in [4.78, 5) is 4.85. The minimum Gasteiger partial charge on any atom is -0.278 e. The highest BCUT2D eigenvalue weighted by Crippen LogP contribution is 2.28. The van der Waals surface area contributed by atoms with Gasteiger partial charge in [0.25, 0.3) is 0 Å². The third-order valence-corrected chi connectivity index (χ3v) is 4.12. The number of benzene rings is 3. The fraction of sp³-hybridized carbons (Fsp3) is 0.0952. The quantitative estimate of drug-likeness (QED) is 0.403. The topological polar surface area (TPSA) is 22.2 Å². The third kappa shape index (κ3) is 2.02. The minimum atomic E-state index is 0.952. The third-order valence-electron chi connectivity index (χ3n) is 4.12. The summed E-state index contributed by atoms with van der Waals surface area (Å²) >= 11 is 0. The molecule has 3 nitrogen and oxygen atoms in total. The van der Waals surface area contributed by atoms with Crippen LogP contribution in [-0.2, 0) is 0 Å². The van der Waals surface area contributed by atoms with E-state index in [1.807, 2.05) is 26.0 Å². The zero-order valence-corrected chi connectivity index (χ0v) is 13.8. The van der Waals surface area contributed by atoms with Gasteiger partial charge in [-0.1, -0.05) is 56.3 Å². The lowest BCUT2D eigenvalue weighted by molar-refractivity contribution is 1.11. The van der Waals surface area contributed by atoms with Crippen LogP contribution in [0.4, 0.5) is 0 Å². The van der Waals surface area contributed by atoms with Crippen molar-refractivity contribution in [2.45, 2.75) is 13.8 Å². The van der Waals surface area contributed by atoms with E-state index in [1.165, 1.54) is 11.0 Å². The van der Waals surface area contributed by atoms with Crippen LogP contribution in [0.15, 0.2) is 78.9 Å². The van der Waals surface area contributed by atoms with E-state index in [2.05, 4.69) is 75.7 Å². The van der Waals surface area contributed by atoms with Crippen LogP contribution in [-0.4, -0.2) is 14.0 Å². The Labute approximate surface area is 140 Å². The molecule has 0 aliphatic carbocycles. The first-order valence-electron chi connectivity index (χ1n) is 8.35. The number of fused-ring (bicyclic) bond motifs is 5. The average molecular weight is 313 g/mol.